The average molecular weight is 362 g/mol. The van der Waals surface area contributed by atoms with Crippen molar-refractivity contribution in [1.82, 2.24) is 15.1 Å². The van der Waals surface area contributed by atoms with Gasteiger partial charge in [0.2, 0.25) is 5.89 Å². The Morgan fingerprint density at radius 1 is 1.20 bits per heavy atom. The maximum Gasteiger partial charge on any atom is 0.255 e. The van der Waals surface area contributed by atoms with E-state index in [2.05, 4.69) is 29.0 Å². The van der Waals surface area contributed by atoms with Crippen LogP contribution in [0, 0.1) is 5.41 Å². The minimum Gasteiger partial charge on any atom is -0.339 e. The van der Waals surface area contributed by atoms with Gasteiger partial charge < -0.3 is 4.52 Å². The summed E-state index contributed by atoms with van der Waals surface area (Å²) < 4.78 is 28.3. The first kappa shape index (κ1) is 16.7. The molecule has 0 amide bonds. The molecule has 4 rings (SSSR count). The molecule has 2 aliphatic carbocycles. The van der Waals surface area contributed by atoms with E-state index >= 15 is 0 Å². The van der Waals surface area contributed by atoms with Gasteiger partial charge in [-0.2, -0.15) is 4.98 Å². The van der Waals surface area contributed by atoms with Crippen LogP contribution in [-0.2, 0) is 10.0 Å². The van der Waals surface area contributed by atoms with Gasteiger partial charge in [0.25, 0.3) is 10.0 Å². The highest BCUT2D eigenvalue weighted by Crippen LogP contribution is 2.69. The highest BCUT2D eigenvalue weighted by molar-refractivity contribution is 7.89. The molecule has 8 heteroatoms. The minimum absolute atomic E-state index is 0.0374. The molecule has 0 unspecified atom stereocenters. The van der Waals surface area contributed by atoms with Gasteiger partial charge >= 0.3 is 0 Å². The molecule has 134 valence electrons. The maximum absolute atomic E-state index is 11.4. The molecule has 0 aliphatic heterocycles. The molecule has 2 aliphatic rings. The Balaban J connectivity index is 1.57. The summed E-state index contributed by atoms with van der Waals surface area (Å²) in [6.45, 7) is 4.30. The first-order valence-corrected chi connectivity index (χ1v) is 10.2. The summed E-state index contributed by atoms with van der Waals surface area (Å²) in [5.74, 6) is 2.22. The van der Waals surface area contributed by atoms with E-state index in [-0.39, 0.29) is 22.3 Å². The van der Waals surface area contributed by atoms with Gasteiger partial charge in [-0.15, -0.1) is 0 Å². The van der Waals surface area contributed by atoms with Crippen LogP contribution in [0.2, 0.25) is 0 Å². The second-order valence-corrected chi connectivity index (χ2v) is 9.23. The summed E-state index contributed by atoms with van der Waals surface area (Å²) >= 11 is 0. The minimum atomic E-state index is -3.78. The quantitative estimate of drug-likeness (QED) is 0.895. The Morgan fingerprint density at radius 2 is 1.92 bits per heavy atom. The third kappa shape index (κ3) is 2.87. The van der Waals surface area contributed by atoms with Crippen LogP contribution < -0.4 is 5.14 Å². The van der Waals surface area contributed by atoms with Crippen LogP contribution in [0.25, 0.3) is 0 Å². The zero-order valence-corrected chi connectivity index (χ0v) is 15.2. The number of rotatable bonds is 4. The molecule has 0 aromatic carbocycles. The predicted octanol–water partition coefficient (Wildman–Crippen LogP) is 2.68. The molecule has 25 heavy (non-hydrogen) atoms. The number of nitrogens with zero attached hydrogens (tertiary/aromatic N) is 3. The Morgan fingerprint density at radius 3 is 2.52 bits per heavy atom. The van der Waals surface area contributed by atoms with Crippen LogP contribution in [0.4, 0.5) is 0 Å². The Hall–Kier alpha value is -1.80. The number of hydrogen-bond acceptors (Lipinski definition) is 6. The molecule has 2 aromatic rings. The Labute approximate surface area is 147 Å². The van der Waals surface area contributed by atoms with E-state index in [9.17, 15) is 8.42 Å². The van der Waals surface area contributed by atoms with Crippen LogP contribution in [0.3, 0.4) is 0 Å². The summed E-state index contributed by atoms with van der Waals surface area (Å²) in [7, 11) is -3.78. The van der Waals surface area contributed by atoms with E-state index in [4.69, 9.17) is 9.66 Å². The van der Waals surface area contributed by atoms with Gasteiger partial charge in [-0.25, -0.2) is 18.5 Å². The van der Waals surface area contributed by atoms with Crippen LogP contribution >= 0.6 is 0 Å². The largest absolute Gasteiger partial charge is 0.339 e. The predicted molar refractivity (Wildman–Crippen MR) is 90.4 cm³/mol. The maximum atomic E-state index is 11.4. The smallest absolute Gasteiger partial charge is 0.255 e. The molecule has 2 fully saturated rings. The third-order valence-corrected chi connectivity index (χ3v) is 6.51. The van der Waals surface area contributed by atoms with E-state index in [1.807, 2.05) is 0 Å². The highest BCUT2D eigenvalue weighted by atomic mass is 32.2. The van der Waals surface area contributed by atoms with Gasteiger partial charge in [-0.1, -0.05) is 37.9 Å². The zero-order chi connectivity index (χ0) is 17.8. The lowest BCUT2D eigenvalue weighted by Gasteiger charge is -2.03. The monoisotopic (exact) mass is 362 g/mol. The zero-order valence-electron chi connectivity index (χ0n) is 14.3. The van der Waals surface area contributed by atoms with Crippen molar-refractivity contribution >= 4 is 10.0 Å². The first-order chi connectivity index (χ1) is 11.8. The second kappa shape index (κ2) is 5.60. The van der Waals surface area contributed by atoms with Gasteiger partial charge in [0.1, 0.15) is 0 Å². The number of hydrogen-bond donors (Lipinski definition) is 1. The normalized spacial score (nSPS) is 26.0. The van der Waals surface area contributed by atoms with Gasteiger partial charge in [0, 0.05) is 18.0 Å². The van der Waals surface area contributed by atoms with E-state index < -0.39 is 10.0 Å². The number of aromatic nitrogens is 3. The summed E-state index contributed by atoms with van der Waals surface area (Å²) in [6.07, 6.45) is 6.31. The summed E-state index contributed by atoms with van der Waals surface area (Å²) in [5, 5.41) is 9.19. The van der Waals surface area contributed by atoms with E-state index in [0.717, 1.165) is 24.2 Å². The molecular formula is C17H22N4O3S. The molecule has 0 bridgehead atoms. The van der Waals surface area contributed by atoms with Gasteiger partial charge in [0.15, 0.2) is 10.9 Å². The molecule has 0 saturated heterocycles. The van der Waals surface area contributed by atoms with Crippen LogP contribution in [-0.4, -0.2) is 23.5 Å². The molecule has 2 saturated carbocycles. The molecule has 2 N–H and O–H groups in total. The fraction of sp³-hybridized carbons (Fsp3) is 0.588. The second-order valence-electron chi connectivity index (χ2n) is 7.72. The summed E-state index contributed by atoms with van der Waals surface area (Å²) in [6, 6.07) is 3.22. The van der Waals surface area contributed by atoms with Crippen LogP contribution in [0.15, 0.2) is 27.9 Å². The van der Waals surface area contributed by atoms with Crippen molar-refractivity contribution in [3.05, 3.63) is 35.6 Å². The Bertz CT molecular complexity index is 883. The Kier molecular flexibility index (Phi) is 3.73. The number of pyridine rings is 1. The standard InChI is InChI=1S/C17H22N4O3S/c1-17(2)13(11-7-8-12(19-9-11)25(18,22)23)14(17)16-20-15(21-24-16)10-5-3-4-6-10/h7-10,13-14H,3-6H2,1-2H3,(H2,18,22,23)/t13-,14+/m0/s1. The van der Waals surface area contributed by atoms with Crippen molar-refractivity contribution in [3.63, 3.8) is 0 Å². The van der Waals surface area contributed by atoms with Crippen molar-refractivity contribution < 1.29 is 12.9 Å². The van der Waals surface area contributed by atoms with Gasteiger partial charge in [-0.05, 0) is 29.9 Å². The first-order valence-electron chi connectivity index (χ1n) is 8.61. The molecule has 7 nitrogen and oxygen atoms in total. The van der Waals surface area contributed by atoms with Crippen molar-refractivity contribution in [1.29, 1.82) is 0 Å². The fourth-order valence-corrected chi connectivity index (χ4v) is 4.65. The summed E-state index contributed by atoms with van der Waals surface area (Å²) in [5.41, 5.74) is 0.924. The van der Waals surface area contributed by atoms with E-state index in [1.165, 1.54) is 18.9 Å². The lowest BCUT2D eigenvalue weighted by Crippen LogP contribution is -2.13. The third-order valence-electron chi connectivity index (χ3n) is 5.68. The van der Waals surface area contributed by atoms with Crippen molar-refractivity contribution in [3.8, 4) is 0 Å². The molecule has 0 radical (unpaired) electrons. The topological polar surface area (TPSA) is 112 Å². The summed E-state index contributed by atoms with van der Waals surface area (Å²) in [4.78, 5) is 8.66. The van der Waals surface area contributed by atoms with E-state index in [1.54, 1.807) is 12.3 Å². The lowest BCUT2D eigenvalue weighted by molar-refractivity contribution is 0.360. The lowest BCUT2D eigenvalue weighted by atomic mass is 10.1. The van der Waals surface area contributed by atoms with Crippen molar-refractivity contribution in [2.75, 3.05) is 0 Å². The number of nitrogens with two attached hydrogens (primary N) is 1. The van der Waals surface area contributed by atoms with Crippen LogP contribution in [0.5, 0.6) is 0 Å². The molecule has 0 spiro atoms. The molecule has 2 aromatic heterocycles. The van der Waals surface area contributed by atoms with Gasteiger partial charge in [0.05, 0.1) is 5.92 Å². The fourth-order valence-electron chi connectivity index (χ4n) is 4.19. The number of sulfonamides is 1. The van der Waals surface area contributed by atoms with E-state index in [0.29, 0.717) is 11.8 Å². The molecular weight excluding hydrogens is 340 g/mol. The van der Waals surface area contributed by atoms with Crippen molar-refractivity contribution in [2.24, 2.45) is 10.6 Å². The SMILES string of the molecule is CC1(C)[C@@H](c2ccc(S(N)(=O)=O)nc2)[C@@H]1c1nc(C2CCCC2)no1. The highest BCUT2D eigenvalue weighted by Gasteiger charge is 2.62. The van der Waals surface area contributed by atoms with Crippen molar-refractivity contribution in [2.45, 2.75) is 62.3 Å². The average Bonchev–Trinajstić information content (AvgIpc) is 3.03. The molecule has 2 heterocycles. The molecule has 2 atom stereocenters. The van der Waals surface area contributed by atoms with Gasteiger partial charge in [-0.3, -0.25) is 0 Å². The van der Waals surface area contributed by atoms with Crippen LogP contribution in [0.1, 0.15) is 74.6 Å². The number of primary sulfonamides is 1.